The van der Waals surface area contributed by atoms with Gasteiger partial charge in [-0.1, -0.05) is 25.5 Å². The Labute approximate surface area is 58.5 Å². The van der Waals surface area contributed by atoms with Crippen molar-refractivity contribution in [3.63, 3.8) is 0 Å². The van der Waals surface area contributed by atoms with E-state index in [1.807, 2.05) is 6.55 Å². The standard InChI is InChI=1S/C7H16OSi/c1-4-6-7-9(3,8)5-2/h5,8H,2,4,6-7H2,1,3H3. The Morgan fingerprint density at radius 2 is 2.22 bits per heavy atom. The molecular formula is C7H16OSi. The van der Waals surface area contributed by atoms with Gasteiger partial charge in [-0.3, -0.25) is 0 Å². The SMILES string of the molecule is C=C[Si](C)(O)CCCC. The van der Waals surface area contributed by atoms with Gasteiger partial charge >= 0.3 is 0 Å². The van der Waals surface area contributed by atoms with Crippen molar-refractivity contribution >= 4 is 8.32 Å². The molecule has 1 N–H and O–H groups in total. The molecule has 1 unspecified atom stereocenters. The van der Waals surface area contributed by atoms with Crippen molar-refractivity contribution in [2.24, 2.45) is 0 Å². The zero-order valence-corrected chi connectivity index (χ0v) is 7.35. The van der Waals surface area contributed by atoms with Crippen molar-refractivity contribution in [2.75, 3.05) is 0 Å². The molecule has 0 spiro atoms. The van der Waals surface area contributed by atoms with E-state index >= 15 is 0 Å². The molecule has 0 aromatic carbocycles. The summed E-state index contributed by atoms with van der Waals surface area (Å²) >= 11 is 0. The van der Waals surface area contributed by atoms with Gasteiger partial charge in [0.1, 0.15) is 0 Å². The summed E-state index contributed by atoms with van der Waals surface area (Å²) in [5, 5.41) is 0. The van der Waals surface area contributed by atoms with E-state index in [2.05, 4.69) is 13.5 Å². The van der Waals surface area contributed by atoms with Crippen LogP contribution in [0.5, 0.6) is 0 Å². The predicted molar refractivity (Wildman–Crippen MR) is 43.7 cm³/mol. The topological polar surface area (TPSA) is 20.2 Å². The summed E-state index contributed by atoms with van der Waals surface area (Å²) in [6.45, 7) is 7.66. The second-order valence-electron chi connectivity index (χ2n) is 2.66. The smallest absolute Gasteiger partial charge is 0.209 e. The van der Waals surface area contributed by atoms with E-state index in [-0.39, 0.29) is 0 Å². The van der Waals surface area contributed by atoms with Gasteiger partial charge in [0.15, 0.2) is 0 Å². The van der Waals surface area contributed by atoms with Crippen LogP contribution in [0, 0.1) is 0 Å². The van der Waals surface area contributed by atoms with Gasteiger partial charge in [0.05, 0.1) is 0 Å². The monoisotopic (exact) mass is 144 g/mol. The third-order valence-electron chi connectivity index (χ3n) is 1.48. The molecule has 0 radical (unpaired) electrons. The second kappa shape index (κ2) is 3.85. The first kappa shape index (κ1) is 8.92. The average molecular weight is 144 g/mol. The van der Waals surface area contributed by atoms with Crippen LogP contribution in [-0.2, 0) is 0 Å². The number of unbranched alkanes of at least 4 members (excludes halogenated alkanes) is 1. The summed E-state index contributed by atoms with van der Waals surface area (Å²) in [5.41, 5.74) is 1.74. The molecule has 2 heteroatoms. The maximum Gasteiger partial charge on any atom is 0.209 e. The summed E-state index contributed by atoms with van der Waals surface area (Å²) in [6, 6.07) is 0.965. The highest BCUT2D eigenvalue weighted by Crippen LogP contribution is 2.10. The largest absolute Gasteiger partial charge is 0.428 e. The van der Waals surface area contributed by atoms with Gasteiger partial charge in [-0.05, 0) is 12.6 Å². The lowest BCUT2D eigenvalue weighted by Crippen LogP contribution is -2.26. The Kier molecular flexibility index (Phi) is 3.82. The summed E-state index contributed by atoms with van der Waals surface area (Å²) in [6.07, 6.45) is 2.29. The van der Waals surface area contributed by atoms with Gasteiger partial charge in [-0.25, -0.2) is 0 Å². The lowest BCUT2D eigenvalue weighted by atomic mass is 10.4. The minimum atomic E-state index is -1.93. The van der Waals surface area contributed by atoms with Crippen molar-refractivity contribution < 1.29 is 4.80 Å². The Morgan fingerprint density at radius 1 is 1.67 bits per heavy atom. The molecule has 0 bridgehead atoms. The molecule has 54 valence electrons. The fourth-order valence-corrected chi connectivity index (χ4v) is 1.91. The minimum Gasteiger partial charge on any atom is -0.428 e. The van der Waals surface area contributed by atoms with Crippen LogP contribution in [0.4, 0.5) is 0 Å². The Morgan fingerprint density at radius 3 is 2.56 bits per heavy atom. The zero-order valence-electron chi connectivity index (χ0n) is 6.35. The number of hydrogen-bond acceptors (Lipinski definition) is 1. The van der Waals surface area contributed by atoms with Gasteiger partial charge < -0.3 is 4.80 Å². The predicted octanol–water partition coefficient (Wildman–Crippen LogP) is 2.08. The quantitative estimate of drug-likeness (QED) is 0.599. The molecule has 1 nitrogen and oxygen atoms in total. The molecular weight excluding hydrogens is 128 g/mol. The van der Waals surface area contributed by atoms with Gasteiger partial charge in [0.25, 0.3) is 0 Å². The van der Waals surface area contributed by atoms with Gasteiger partial charge in [0.2, 0.25) is 8.32 Å². The van der Waals surface area contributed by atoms with Crippen LogP contribution in [0.25, 0.3) is 0 Å². The fraction of sp³-hybridized carbons (Fsp3) is 0.714. The minimum absolute atomic E-state index is 0.965. The van der Waals surface area contributed by atoms with Gasteiger partial charge in [0, 0.05) is 0 Å². The first-order valence-corrected chi connectivity index (χ1v) is 6.21. The molecule has 0 saturated heterocycles. The maximum absolute atomic E-state index is 9.48. The Bertz CT molecular complexity index is 88.9. The lowest BCUT2D eigenvalue weighted by Gasteiger charge is -2.13. The number of hydrogen-bond donors (Lipinski definition) is 1. The summed E-state index contributed by atoms with van der Waals surface area (Å²) < 4.78 is 0. The van der Waals surface area contributed by atoms with Crippen LogP contribution < -0.4 is 0 Å². The molecule has 0 heterocycles. The average Bonchev–Trinajstić information content (AvgIpc) is 1.84. The summed E-state index contributed by atoms with van der Waals surface area (Å²) in [7, 11) is -1.93. The van der Waals surface area contributed by atoms with E-state index in [9.17, 15) is 4.80 Å². The van der Waals surface area contributed by atoms with Crippen LogP contribution in [0.15, 0.2) is 12.3 Å². The van der Waals surface area contributed by atoms with Crippen LogP contribution in [0.1, 0.15) is 19.8 Å². The van der Waals surface area contributed by atoms with E-state index in [1.54, 1.807) is 5.70 Å². The Balaban J connectivity index is 3.45. The number of rotatable bonds is 4. The first-order chi connectivity index (χ1) is 4.12. The highest BCUT2D eigenvalue weighted by Gasteiger charge is 2.17. The third-order valence-corrected chi connectivity index (χ3v) is 3.72. The van der Waals surface area contributed by atoms with Crippen LogP contribution in [0.3, 0.4) is 0 Å². The zero-order chi connectivity index (χ0) is 7.33. The molecule has 0 fully saturated rings. The van der Waals surface area contributed by atoms with E-state index in [1.165, 1.54) is 0 Å². The van der Waals surface area contributed by atoms with E-state index < -0.39 is 8.32 Å². The molecule has 0 aromatic heterocycles. The summed E-state index contributed by atoms with van der Waals surface area (Å²) in [5.74, 6) is 0. The molecule has 9 heavy (non-hydrogen) atoms. The van der Waals surface area contributed by atoms with Crippen molar-refractivity contribution in [1.82, 2.24) is 0 Å². The van der Waals surface area contributed by atoms with Gasteiger partial charge in [-0.15, -0.1) is 6.58 Å². The molecule has 0 aliphatic heterocycles. The highest BCUT2D eigenvalue weighted by molar-refractivity contribution is 6.76. The second-order valence-corrected chi connectivity index (χ2v) is 6.29. The Hall–Kier alpha value is -0.0831. The molecule has 0 amide bonds. The van der Waals surface area contributed by atoms with Crippen LogP contribution in [-0.4, -0.2) is 13.1 Å². The van der Waals surface area contributed by atoms with Crippen molar-refractivity contribution in [1.29, 1.82) is 0 Å². The molecule has 0 aliphatic carbocycles. The lowest BCUT2D eigenvalue weighted by molar-refractivity contribution is 0.550. The summed E-state index contributed by atoms with van der Waals surface area (Å²) in [4.78, 5) is 9.48. The van der Waals surface area contributed by atoms with Crippen molar-refractivity contribution in [2.45, 2.75) is 32.4 Å². The molecule has 0 rings (SSSR count). The van der Waals surface area contributed by atoms with Crippen LogP contribution >= 0.6 is 0 Å². The normalized spacial score (nSPS) is 16.8. The molecule has 1 atom stereocenters. The van der Waals surface area contributed by atoms with Crippen LogP contribution in [0.2, 0.25) is 12.6 Å². The molecule has 0 aromatic rings. The molecule has 0 saturated carbocycles. The molecule has 0 aliphatic rings. The van der Waals surface area contributed by atoms with Crippen molar-refractivity contribution in [3.05, 3.63) is 12.3 Å². The first-order valence-electron chi connectivity index (χ1n) is 3.48. The highest BCUT2D eigenvalue weighted by atomic mass is 28.4. The fourth-order valence-electron chi connectivity index (χ4n) is 0.637. The van der Waals surface area contributed by atoms with Gasteiger partial charge in [-0.2, -0.15) is 0 Å². The van der Waals surface area contributed by atoms with E-state index in [0.29, 0.717) is 0 Å². The van der Waals surface area contributed by atoms with E-state index in [0.717, 1.165) is 18.9 Å². The third kappa shape index (κ3) is 4.42. The van der Waals surface area contributed by atoms with Crippen molar-refractivity contribution in [3.8, 4) is 0 Å². The maximum atomic E-state index is 9.48. The van der Waals surface area contributed by atoms with E-state index in [4.69, 9.17) is 0 Å².